The van der Waals surface area contributed by atoms with Crippen molar-refractivity contribution in [1.82, 2.24) is 20.5 Å². The summed E-state index contributed by atoms with van der Waals surface area (Å²) in [5.74, 6) is 1.00. The molecule has 1 saturated heterocycles. The molecule has 2 heterocycles. The molecule has 94 valence electrons. The van der Waals surface area contributed by atoms with Crippen LogP contribution in [0, 0.1) is 0 Å². The molecule has 1 aliphatic rings. The van der Waals surface area contributed by atoms with Crippen molar-refractivity contribution in [2.24, 2.45) is 0 Å². The Morgan fingerprint density at radius 1 is 1.35 bits per heavy atom. The Balaban J connectivity index is 2.08. The van der Waals surface area contributed by atoms with Gasteiger partial charge in [0.05, 0.1) is 0 Å². The van der Waals surface area contributed by atoms with E-state index in [9.17, 15) is 0 Å². The minimum Gasteiger partial charge on any atom is -0.381 e. The van der Waals surface area contributed by atoms with E-state index in [4.69, 9.17) is 5.73 Å². The lowest BCUT2D eigenvalue weighted by Gasteiger charge is -2.39. The standard InChI is InChI=1S/C10H17BrN6/c1-10(13-2)3-5-17(6-4-10)9-14-8(12)7(11)15-16-9/h13H,3-6H2,1-2H3,(H2,12,14,16). The number of nitrogen functional groups attached to an aromatic ring is 1. The number of rotatable bonds is 2. The lowest BCUT2D eigenvalue weighted by Crippen LogP contribution is -2.50. The van der Waals surface area contributed by atoms with E-state index in [1.165, 1.54) is 0 Å². The highest BCUT2D eigenvalue weighted by molar-refractivity contribution is 9.10. The highest BCUT2D eigenvalue weighted by Crippen LogP contribution is 2.24. The molecule has 17 heavy (non-hydrogen) atoms. The summed E-state index contributed by atoms with van der Waals surface area (Å²) in [6, 6.07) is 0. The first-order valence-electron chi connectivity index (χ1n) is 5.64. The molecule has 0 atom stereocenters. The summed E-state index contributed by atoms with van der Waals surface area (Å²) in [6.45, 7) is 4.07. The number of piperidine rings is 1. The van der Waals surface area contributed by atoms with E-state index in [0.717, 1.165) is 25.9 Å². The lowest BCUT2D eigenvalue weighted by atomic mass is 9.90. The fourth-order valence-electron chi connectivity index (χ4n) is 1.90. The van der Waals surface area contributed by atoms with Crippen LogP contribution in [0.5, 0.6) is 0 Å². The molecule has 0 saturated carbocycles. The number of nitrogens with one attached hydrogen (secondary N) is 1. The van der Waals surface area contributed by atoms with Crippen molar-refractivity contribution in [3.05, 3.63) is 4.60 Å². The van der Waals surface area contributed by atoms with E-state index in [-0.39, 0.29) is 5.54 Å². The zero-order valence-corrected chi connectivity index (χ0v) is 11.7. The van der Waals surface area contributed by atoms with Gasteiger partial charge >= 0.3 is 0 Å². The predicted molar refractivity (Wildman–Crippen MR) is 70.9 cm³/mol. The van der Waals surface area contributed by atoms with Gasteiger partial charge in [0.15, 0.2) is 10.4 Å². The molecule has 3 N–H and O–H groups in total. The second-order valence-corrected chi connectivity index (χ2v) is 5.34. The molecule has 2 rings (SSSR count). The minimum absolute atomic E-state index is 0.213. The third-order valence-corrected chi connectivity index (χ3v) is 3.98. The van der Waals surface area contributed by atoms with Crippen LogP contribution in [0.2, 0.25) is 0 Å². The predicted octanol–water partition coefficient (Wildman–Crippen LogP) is 0.795. The van der Waals surface area contributed by atoms with Gasteiger partial charge in [-0.15, -0.1) is 10.2 Å². The Kier molecular flexibility index (Phi) is 3.48. The largest absolute Gasteiger partial charge is 0.381 e. The van der Waals surface area contributed by atoms with Crippen LogP contribution in [0.25, 0.3) is 0 Å². The van der Waals surface area contributed by atoms with E-state index < -0.39 is 0 Å². The van der Waals surface area contributed by atoms with Crippen molar-refractivity contribution in [1.29, 1.82) is 0 Å². The molecule has 0 aliphatic carbocycles. The smallest absolute Gasteiger partial charge is 0.247 e. The lowest BCUT2D eigenvalue weighted by molar-refractivity contribution is 0.303. The molecule has 0 aromatic carbocycles. The van der Waals surface area contributed by atoms with Gasteiger partial charge < -0.3 is 16.0 Å². The second kappa shape index (κ2) is 4.73. The van der Waals surface area contributed by atoms with Crippen LogP contribution in [-0.2, 0) is 0 Å². The van der Waals surface area contributed by atoms with Crippen LogP contribution in [0.1, 0.15) is 19.8 Å². The maximum atomic E-state index is 5.71. The quantitative estimate of drug-likeness (QED) is 0.841. The van der Waals surface area contributed by atoms with Crippen LogP contribution < -0.4 is 16.0 Å². The molecule has 0 spiro atoms. The summed E-state index contributed by atoms with van der Waals surface area (Å²) in [4.78, 5) is 6.35. The maximum absolute atomic E-state index is 5.71. The number of halogens is 1. The van der Waals surface area contributed by atoms with Crippen molar-refractivity contribution in [2.45, 2.75) is 25.3 Å². The zero-order valence-electron chi connectivity index (χ0n) is 10.1. The molecule has 0 radical (unpaired) electrons. The topological polar surface area (TPSA) is 80.0 Å². The molecule has 1 aromatic heterocycles. The van der Waals surface area contributed by atoms with Crippen molar-refractivity contribution in [2.75, 3.05) is 30.8 Å². The van der Waals surface area contributed by atoms with Gasteiger partial charge in [-0.05, 0) is 42.7 Å². The fraction of sp³-hybridized carbons (Fsp3) is 0.700. The number of nitrogens with zero attached hydrogens (tertiary/aromatic N) is 4. The first kappa shape index (κ1) is 12.5. The van der Waals surface area contributed by atoms with Crippen LogP contribution in [0.4, 0.5) is 11.8 Å². The summed E-state index contributed by atoms with van der Waals surface area (Å²) >= 11 is 3.19. The van der Waals surface area contributed by atoms with Crippen molar-refractivity contribution in [3.8, 4) is 0 Å². The molecular formula is C10H17BrN6. The Bertz CT molecular complexity index is 402. The second-order valence-electron chi connectivity index (χ2n) is 4.59. The Morgan fingerprint density at radius 2 is 2.00 bits per heavy atom. The number of anilines is 2. The minimum atomic E-state index is 0.213. The highest BCUT2D eigenvalue weighted by atomic mass is 79.9. The molecule has 1 aromatic rings. The van der Waals surface area contributed by atoms with Crippen molar-refractivity contribution in [3.63, 3.8) is 0 Å². The molecule has 0 unspecified atom stereocenters. The number of nitrogens with two attached hydrogens (primary N) is 1. The normalized spacial score (nSPS) is 19.4. The van der Waals surface area contributed by atoms with Gasteiger partial charge in [0.25, 0.3) is 0 Å². The Morgan fingerprint density at radius 3 is 2.53 bits per heavy atom. The summed E-state index contributed by atoms with van der Waals surface area (Å²) in [7, 11) is 2.01. The summed E-state index contributed by atoms with van der Waals surface area (Å²) < 4.78 is 0.498. The first-order chi connectivity index (χ1) is 8.04. The summed E-state index contributed by atoms with van der Waals surface area (Å²) in [6.07, 6.45) is 2.12. The zero-order chi connectivity index (χ0) is 12.5. The van der Waals surface area contributed by atoms with Gasteiger partial charge in [0.2, 0.25) is 5.95 Å². The average Bonchev–Trinajstić information content (AvgIpc) is 2.34. The van der Waals surface area contributed by atoms with Gasteiger partial charge in [-0.25, -0.2) is 0 Å². The van der Waals surface area contributed by atoms with E-state index in [1.807, 2.05) is 7.05 Å². The molecule has 6 nitrogen and oxygen atoms in total. The third-order valence-electron chi connectivity index (χ3n) is 3.41. The van der Waals surface area contributed by atoms with E-state index >= 15 is 0 Å². The van der Waals surface area contributed by atoms with Gasteiger partial charge in [0, 0.05) is 18.6 Å². The van der Waals surface area contributed by atoms with Crippen LogP contribution in [-0.4, -0.2) is 40.9 Å². The average molecular weight is 301 g/mol. The van der Waals surface area contributed by atoms with Crippen LogP contribution >= 0.6 is 15.9 Å². The summed E-state index contributed by atoms with van der Waals surface area (Å²) in [5.41, 5.74) is 5.92. The van der Waals surface area contributed by atoms with Gasteiger partial charge in [-0.3, -0.25) is 0 Å². The monoisotopic (exact) mass is 300 g/mol. The van der Waals surface area contributed by atoms with Crippen molar-refractivity contribution >= 4 is 27.7 Å². The van der Waals surface area contributed by atoms with Gasteiger partial charge in [-0.1, -0.05) is 0 Å². The number of aromatic nitrogens is 3. The molecule has 1 aliphatic heterocycles. The van der Waals surface area contributed by atoms with E-state index in [1.54, 1.807) is 0 Å². The maximum Gasteiger partial charge on any atom is 0.247 e. The molecule has 0 amide bonds. The SMILES string of the molecule is CNC1(C)CCN(c2nnc(Br)c(N)n2)CC1. The Hall–Kier alpha value is -0.950. The molecular weight excluding hydrogens is 284 g/mol. The van der Waals surface area contributed by atoms with E-state index in [2.05, 4.69) is 48.3 Å². The van der Waals surface area contributed by atoms with Crippen LogP contribution in [0.3, 0.4) is 0 Å². The molecule has 1 fully saturated rings. The van der Waals surface area contributed by atoms with Gasteiger partial charge in [-0.2, -0.15) is 4.98 Å². The fourth-order valence-corrected chi connectivity index (χ4v) is 2.07. The van der Waals surface area contributed by atoms with Crippen LogP contribution in [0.15, 0.2) is 4.60 Å². The summed E-state index contributed by atoms with van der Waals surface area (Å²) in [5, 5.41) is 11.3. The van der Waals surface area contributed by atoms with Gasteiger partial charge in [0.1, 0.15) is 0 Å². The Labute approximate surface area is 109 Å². The molecule has 0 bridgehead atoms. The highest BCUT2D eigenvalue weighted by Gasteiger charge is 2.29. The third kappa shape index (κ3) is 2.66. The molecule has 7 heteroatoms. The van der Waals surface area contributed by atoms with Crippen molar-refractivity contribution < 1.29 is 0 Å². The first-order valence-corrected chi connectivity index (χ1v) is 6.43. The number of hydrogen-bond acceptors (Lipinski definition) is 6. The van der Waals surface area contributed by atoms with E-state index in [0.29, 0.717) is 16.4 Å². The number of hydrogen-bond donors (Lipinski definition) is 2.